The van der Waals surface area contributed by atoms with E-state index in [1.807, 2.05) is 0 Å². The van der Waals surface area contributed by atoms with Crippen LogP contribution in [0.25, 0.3) is 0 Å². The molecule has 0 radical (unpaired) electrons. The minimum atomic E-state index is -1.99. The first-order chi connectivity index (χ1) is 15.9. The van der Waals surface area contributed by atoms with Gasteiger partial charge >= 0.3 is 0 Å². The van der Waals surface area contributed by atoms with E-state index < -0.39 is 56.8 Å². The maximum absolute atomic E-state index is 11.7. The Hall–Kier alpha value is 1.58. The highest BCUT2D eigenvalue weighted by Crippen LogP contribution is 2.88. The first-order valence-corrected chi connectivity index (χ1v) is 14.4. The summed E-state index contributed by atoms with van der Waals surface area (Å²) in [5.74, 6) is -3.52. The number of halogens is 12. The molecule has 8 atom stereocenters. The molecular weight excluding hydrogens is 712 g/mol. The lowest BCUT2D eigenvalue weighted by Crippen LogP contribution is -2.53. The molecule has 0 aliphatic heterocycles. The molecule has 0 saturated heterocycles. The molecule has 2 fully saturated rings. The molecule has 5 aliphatic carbocycles. The maximum Gasteiger partial charge on any atom is 0.269 e. The van der Waals surface area contributed by atoms with Gasteiger partial charge in [0.05, 0.1) is 25.1 Å². The molecule has 35 heavy (non-hydrogen) atoms. The maximum atomic E-state index is 11.7. The van der Waals surface area contributed by atoms with Crippen molar-refractivity contribution in [1.82, 2.24) is 0 Å². The highest BCUT2D eigenvalue weighted by Gasteiger charge is 2.91. The van der Waals surface area contributed by atoms with Gasteiger partial charge in [0.25, 0.3) is 5.69 Å². The van der Waals surface area contributed by atoms with Crippen molar-refractivity contribution in [3.63, 3.8) is 0 Å². The standard InChI is InChI=1S/C20H7Cl12NO2/c21-11-13(23)17(27)9-7(15(11,25)19(17,29)30)5-2-1-4(33(34)35)3-6(5)8-10(9)18(28)14(24)12(22)16(8,26)20(18,31)32/h1-3,7-10H/t7-,8+,9+,10+,15+,16+,17+,18+/m1/s1. The average Bonchev–Trinajstić information content (AvgIpc) is 3.13. The normalized spacial score (nSPS) is 47.8. The molecule has 0 heterocycles. The van der Waals surface area contributed by atoms with Crippen LogP contribution in [0.2, 0.25) is 0 Å². The monoisotopic (exact) mass is 713 g/mol. The van der Waals surface area contributed by atoms with Gasteiger partial charge in [-0.15, -0.1) is 46.4 Å². The predicted molar refractivity (Wildman–Crippen MR) is 146 cm³/mol. The number of nitro benzene ring substituents is 1. The minimum Gasteiger partial charge on any atom is -0.258 e. The van der Waals surface area contributed by atoms with Crippen LogP contribution in [0.4, 0.5) is 5.69 Å². The predicted octanol–water partition coefficient (Wildman–Crippen LogP) is 9.70. The Balaban J connectivity index is 1.79. The summed E-state index contributed by atoms with van der Waals surface area (Å²) in [6, 6.07) is 4.20. The Labute approximate surface area is 258 Å². The van der Waals surface area contributed by atoms with Gasteiger partial charge in [0.2, 0.25) is 0 Å². The summed E-state index contributed by atoms with van der Waals surface area (Å²) < 4.78 is -3.93. The molecule has 0 N–H and O–H groups in total. The highest BCUT2D eigenvalue weighted by molar-refractivity contribution is 6.67. The first kappa shape index (κ1) is 26.8. The van der Waals surface area contributed by atoms with Crippen molar-refractivity contribution in [2.24, 2.45) is 11.8 Å². The molecule has 1 aromatic rings. The van der Waals surface area contributed by atoms with Gasteiger partial charge in [0, 0.05) is 35.8 Å². The number of nitro groups is 1. The van der Waals surface area contributed by atoms with Crippen LogP contribution in [0.1, 0.15) is 23.0 Å². The van der Waals surface area contributed by atoms with Crippen molar-refractivity contribution in [1.29, 1.82) is 0 Å². The molecular formula is C20H7Cl12NO2. The molecule has 0 aromatic heterocycles. The van der Waals surface area contributed by atoms with Crippen molar-refractivity contribution < 1.29 is 4.92 Å². The fourth-order valence-electron chi connectivity index (χ4n) is 7.00. The molecule has 15 heteroatoms. The van der Waals surface area contributed by atoms with E-state index in [9.17, 15) is 10.1 Å². The summed E-state index contributed by atoms with van der Waals surface area (Å²) in [5.41, 5.74) is 0.669. The molecule has 0 amide bonds. The van der Waals surface area contributed by atoms with Crippen molar-refractivity contribution in [2.45, 2.75) is 40.0 Å². The van der Waals surface area contributed by atoms with Crippen LogP contribution in [0.15, 0.2) is 38.3 Å². The van der Waals surface area contributed by atoms with E-state index in [0.717, 1.165) is 0 Å². The van der Waals surface area contributed by atoms with E-state index in [4.69, 9.17) is 139 Å². The topological polar surface area (TPSA) is 43.1 Å². The molecule has 5 aliphatic rings. The summed E-state index contributed by atoms with van der Waals surface area (Å²) in [4.78, 5) is 4.05. The second-order valence-corrected chi connectivity index (χ2v) is 15.9. The molecule has 0 spiro atoms. The second-order valence-electron chi connectivity index (χ2n) is 9.33. The zero-order valence-electron chi connectivity index (χ0n) is 16.3. The van der Waals surface area contributed by atoms with Gasteiger partial charge in [0.15, 0.2) is 8.67 Å². The molecule has 4 bridgehead atoms. The van der Waals surface area contributed by atoms with Crippen LogP contribution in [-0.2, 0) is 0 Å². The molecule has 1 aromatic carbocycles. The Morgan fingerprint density at radius 1 is 0.629 bits per heavy atom. The highest BCUT2D eigenvalue weighted by atomic mass is 35.5. The van der Waals surface area contributed by atoms with Crippen LogP contribution in [-0.4, -0.2) is 33.1 Å². The van der Waals surface area contributed by atoms with E-state index in [2.05, 4.69) is 0 Å². The number of hydrogen-bond donors (Lipinski definition) is 0. The first-order valence-electron chi connectivity index (χ1n) is 9.83. The molecule has 0 unspecified atom stereocenters. The number of fused-ring (bicyclic) bond motifs is 14. The summed E-state index contributed by atoms with van der Waals surface area (Å²) in [6.07, 6.45) is 0. The Kier molecular flexibility index (Phi) is 5.55. The van der Waals surface area contributed by atoms with E-state index >= 15 is 0 Å². The van der Waals surface area contributed by atoms with Gasteiger partial charge in [-0.25, -0.2) is 0 Å². The van der Waals surface area contributed by atoms with E-state index in [-0.39, 0.29) is 25.8 Å². The summed E-state index contributed by atoms with van der Waals surface area (Å²) in [5, 5.41) is 11.4. The fraction of sp³-hybridized carbons (Fsp3) is 0.500. The summed E-state index contributed by atoms with van der Waals surface area (Å²) in [7, 11) is 0. The third-order valence-electron chi connectivity index (χ3n) is 8.32. The number of rotatable bonds is 1. The number of benzene rings is 1. The van der Waals surface area contributed by atoms with Crippen LogP contribution >= 0.6 is 139 Å². The number of nitrogens with zero attached hydrogens (tertiary/aromatic N) is 1. The Morgan fingerprint density at radius 3 is 1.40 bits per heavy atom. The third kappa shape index (κ3) is 2.35. The molecule has 3 nitrogen and oxygen atoms in total. The lowest BCUT2D eigenvalue weighted by atomic mass is 9.57. The van der Waals surface area contributed by atoms with Gasteiger partial charge in [-0.05, 0) is 11.1 Å². The van der Waals surface area contributed by atoms with Crippen LogP contribution in [0.5, 0.6) is 0 Å². The smallest absolute Gasteiger partial charge is 0.258 e. The minimum absolute atomic E-state index is 0.0418. The molecule has 2 saturated carbocycles. The van der Waals surface area contributed by atoms with E-state index in [0.29, 0.717) is 11.1 Å². The van der Waals surface area contributed by atoms with Gasteiger partial charge in [-0.3, -0.25) is 10.1 Å². The number of non-ortho nitro benzene ring substituents is 1. The zero-order valence-corrected chi connectivity index (χ0v) is 25.4. The fourth-order valence-corrected chi connectivity index (χ4v) is 13.1. The third-order valence-corrected chi connectivity index (χ3v) is 16.9. The van der Waals surface area contributed by atoms with Crippen LogP contribution in [0.3, 0.4) is 0 Å². The quantitative estimate of drug-likeness (QED) is 0.165. The number of allylic oxidation sites excluding steroid dienone is 4. The largest absolute Gasteiger partial charge is 0.269 e. The van der Waals surface area contributed by atoms with Crippen molar-refractivity contribution in [2.75, 3.05) is 0 Å². The number of alkyl halides is 8. The SMILES string of the molecule is O=[N+]([O-])c1ccc2c(c1)[C@H]1[C@@H]([C@@H]3[C@@H]2[C@]2(Cl)C(Cl)=C(Cl)[C@]3(Cl)C2(Cl)Cl)[C@]2(Cl)C(Cl)=C(Cl)[C@]1(Cl)C2(Cl)Cl. The van der Waals surface area contributed by atoms with Gasteiger partial charge in [0.1, 0.15) is 19.5 Å². The van der Waals surface area contributed by atoms with E-state index in [1.165, 1.54) is 18.2 Å². The molecule has 188 valence electrons. The second kappa shape index (κ2) is 7.25. The molecule has 6 rings (SSSR count). The van der Waals surface area contributed by atoms with E-state index in [1.54, 1.807) is 0 Å². The summed E-state index contributed by atoms with van der Waals surface area (Å²) >= 11 is 82.9. The zero-order chi connectivity index (χ0) is 26.0. The van der Waals surface area contributed by atoms with Crippen LogP contribution in [0, 0.1) is 22.0 Å². The van der Waals surface area contributed by atoms with Crippen molar-refractivity contribution in [3.05, 3.63) is 59.6 Å². The number of hydrogen-bond acceptors (Lipinski definition) is 2. The Morgan fingerprint density at radius 2 is 1.00 bits per heavy atom. The lowest BCUT2D eigenvalue weighted by Gasteiger charge is -2.52. The van der Waals surface area contributed by atoms with Crippen LogP contribution < -0.4 is 0 Å². The van der Waals surface area contributed by atoms with Gasteiger partial charge < -0.3 is 0 Å². The van der Waals surface area contributed by atoms with Crippen molar-refractivity contribution in [3.8, 4) is 0 Å². The Bertz CT molecular complexity index is 1340. The lowest BCUT2D eigenvalue weighted by molar-refractivity contribution is -0.385. The van der Waals surface area contributed by atoms with Gasteiger partial charge in [-0.2, -0.15) is 0 Å². The average molecular weight is 719 g/mol. The summed E-state index contributed by atoms with van der Waals surface area (Å²) in [6.45, 7) is 0. The van der Waals surface area contributed by atoms with Gasteiger partial charge in [-0.1, -0.05) is 98.9 Å². The van der Waals surface area contributed by atoms with Crippen molar-refractivity contribution >= 4 is 145 Å².